The zero-order valence-electron chi connectivity index (χ0n) is 14.3. The first-order valence-electron chi connectivity index (χ1n) is 8.32. The molecule has 1 unspecified atom stereocenters. The van der Waals surface area contributed by atoms with E-state index in [1.807, 2.05) is 16.7 Å². The maximum Gasteiger partial charge on any atom is 0.253 e. The molecule has 0 aliphatic carbocycles. The van der Waals surface area contributed by atoms with E-state index in [4.69, 9.17) is 0 Å². The fourth-order valence-corrected chi connectivity index (χ4v) is 3.18. The first-order valence-corrected chi connectivity index (χ1v) is 9.60. The van der Waals surface area contributed by atoms with Crippen molar-refractivity contribution in [2.24, 2.45) is 0 Å². The van der Waals surface area contributed by atoms with Crippen LogP contribution in [0, 0.1) is 12.7 Å². The van der Waals surface area contributed by atoms with Gasteiger partial charge in [-0.1, -0.05) is 6.92 Å². The van der Waals surface area contributed by atoms with Gasteiger partial charge in [0, 0.05) is 30.4 Å². The van der Waals surface area contributed by atoms with E-state index < -0.39 is 0 Å². The molecule has 128 valence electrons. The quantitative estimate of drug-likeness (QED) is 0.822. The van der Waals surface area contributed by atoms with Crippen LogP contribution in [0.15, 0.2) is 18.2 Å². The lowest BCUT2D eigenvalue weighted by Gasteiger charge is -2.23. The van der Waals surface area contributed by atoms with E-state index in [1.54, 1.807) is 19.1 Å². The topological polar surface area (TPSA) is 23.6 Å². The Bertz CT molecular complexity index is 538. The van der Waals surface area contributed by atoms with Gasteiger partial charge in [0.05, 0.1) is 0 Å². The summed E-state index contributed by atoms with van der Waals surface area (Å²) in [7, 11) is 0. The number of amides is 1. The van der Waals surface area contributed by atoms with Crippen molar-refractivity contribution >= 4 is 17.7 Å². The molecule has 0 spiro atoms. The minimum absolute atomic E-state index is 0.0208. The van der Waals surface area contributed by atoms with Gasteiger partial charge in [-0.3, -0.25) is 4.79 Å². The highest BCUT2D eigenvalue weighted by Crippen LogP contribution is 2.15. The lowest BCUT2D eigenvalue weighted by Crippen LogP contribution is -2.35. The third kappa shape index (κ3) is 5.21. The Hall–Kier alpha value is -1.07. The number of hydrogen-bond acceptors (Lipinski definition) is 3. The Kier molecular flexibility index (Phi) is 6.90. The maximum atomic E-state index is 13.4. The Morgan fingerprint density at radius 2 is 2.09 bits per heavy atom. The summed E-state index contributed by atoms with van der Waals surface area (Å²) >= 11 is 1.90. The van der Waals surface area contributed by atoms with Gasteiger partial charge < -0.3 is 9.80 Å². The summed E-state index contributed by atoms with van der Waals surface area (Å²) in [5, 5.41) is 0.679. The van der Waals surface area contributed by atoms with Crippen molar-refractivity contribution in [3.63, 3.8) is 0 Å². The monoisotopic (exact) mass is 338 g/mol. The molecule has 0 N–H and O–H groups in total. The average Bonchev–Trinajstić information content (AvgIpc) is 2.80. The van der Waals surface area contributed by atoms with Gasteiger partial charge in [0.25, 0.3) is 5.91 Å². The van der Waals surface area contributed by atoms with Gasteiger partial charge in [0.15, 0.2) is 0 Å². The fourth-order valence-electron chi connectivity index (χ4n) is 2.84. The number of nitrogens with zero attached hydrogens (tertiary/aromatic N) is 2. The van der Waals surface area contributed by atoms with Crippen molar-refractivity contribution < 1.29 is 9.18 Å². The maximum absolute atomic E-state index is 13.4. The average molecular weight is 338 g/mol. The summed E-state index contributed by atoms with van der Waals surface area (Å²) in [5.74, 6) is -0.237. The van der Waals surface area contributed by atoms with E-state index in [0.717, 1.165) is 39.1 Å². The number of carbonyl (C=O) groups is 1. The Labute approximate surface area is 143 Å². The fraction of sp³-hybridized carbons (Fsp3) is 0.611. The second-order valence-corrected chi connectivity index (χ2v) is 7.56. The summed E-state index contributed by atoms with van der Waals surface area (Å²) in [4.78, 5) is 17.0. The van der Waals surface area contributed by atoms with Gasteiger partial charge in [-0.15, -0.1) is 0 Å². The Morgan fingerprint density at radius 1 is 1.30 bits per heavy atom. The van der Waals surface area contributed by atoms with Gasteiger partial charge in [-0.05, 0) is 62.9 Å². The molecule has 1 aromatic carbocycles. The molecule has 0 bridgehead atoms. The molecule has 1 saturated heterocycles. The molecule has 23 heavy (non-hydrogen) atoms. The largest absolute Gasteiger partial charge is 0.337 e. The predicted molar refractivity (Wildman–Crippen MR) is 95.7 cm³/mol. The number of carbonyl (C=O) groups excluding carboxylic acids is 1. The van der Waals surface area contributed by atoms with Gasteiger partial charge in [0.1, 0.15) is 5.82 Å². The number of benzene rings is 1. The molecule has 0 saturated carbocycles. The number of rotatable bonds is 5. The molecule has 1 amide bonds. The summed E-state index contributed by atoms with van der Waals surface area (Å²) < 4.78 is 13.4. The van der Waals surface area contributed by atoms with E-state index in [1.165, 1.54) is 12.5 Å². The van der Waals surface area contributed by atoms with Crippen molar-refractivity contribution in [3.05, 3.63) is 35.1 Å². The van der Waals surface area contributed by atoms with Crippen molar-refractivity contribution in [1.29, 1.82) is 0 Å². The van der Waals surface area contributed by atoms with Crippen molar-refractivity contribution in [1.82, 2.24) is 9.80 Å². The van der Waals surface area contributed by atoms with E-state index in [2.05, 4.69) is 18.1 Å². The minimum atomic E-state index is -0.258. The summed E-state index contributed by atoms with van der Waals surface area (Å²) in [6.45, 7) is 8.56. The number of thioether (sulfide) groups is 1. The third-order valence-corrected chi connectivity index (χ3v) is 5.58. The highest BCUT2D eigenvalue weighted by Gasteiger charge is 2.20. The molecule has 1 aromatic rings. The molecule has 3 nitrogen and oxygen atoms in total. The van der Waals surface area contributed by atoms with E-state index in [0.29, 0.717) is 16.4 Å². The first-order chi connectivity index (χ1) is 11.0. The van der Waals surface area contributed by atoms with Crippen LogP contribution >= 0.6 is 11.8 Å². The molecule has 1 aliphatic rings. The summed E-state index contributed by atoms with van der Waals surface area (Å²) in [5.41, 5.74) is 1.12. The van der Waals surface area contributed by atoms with Crippen LogP contribution < -0.4 is 0 Å². The number of halogens is 1. The number of aryl methyl sites for hydroxylation is 1. The van der Waals surface area contributed by atoms with Crippen LogP contribution in [0.25, 0.3) is 0 Å². The van der Waals surface area contributed by atoms with Crippen molar-refractivity contribution in [2.75, 3.05) is 39.0 Å². The zero-order chi connectivity index (χ0) is 16.8. The SMILES string of the molecule is CSC(C)CCN1CCCN(C(=O)c2ccc(F)c(C)c2)CC1. The Morgan fingerprint density at radius 3 is 2.78 bits per heavy atom. The van der Waals surface area contributed by atoms with Crippen LogP contribution in [0.3, 0.4) is 0 Å². The van der Waals surface area contributed by atoms with E-state index in [9.17, 15) is 9.18 Å². The standard InChI is InChI=1S/C18H27FN2OS/c1-14-13-16(5-6-17(14)19)18(22)21-9-4-8-20(11-12-21)10-7-15(2)23-3/h5-6,13,15H,4,7-12H2,1-3H3. The second kappa shape index (κ2) is 8.69. The molecular weight excluding hydrogens is 311 g/mol. The molecule has 1 aliphatic heterocycles. The summed E-state index contributed by atoms with van der Waals surface area (Å²) in [6.07, 6.45) is 4.34. The van der Waals surface area contributed by atoms with Gasteiger partial charge in [-0.2, -0.15) is 11.8 Å². The van der Waals surface area contributed by atoms with Gasteiger partial charge >= 0.3 is 0 Å². The smallest absolute Gasteiger partial charge is 0.253 e. The zero-order valence-corrected chi connectivity index (χ0v) is 15.2. The van der Waals surface area contributed by atoms with Gasteiger partial charge in [-0.25, -0.2) is 4.39 Å². The number of hydrogen-bond donors (Lipinski definition) is 0. The van der Waals surface area contributed by atoms with Gasteiger partial charge in [0.2, 0.25) is 0 Å². The van der Waals surface area contributed by atoms with Crippen molar-refractivity contribution in [2.45, 2.75) is 31.9 Å². The van der Waals surface area contributed by atoms with Crippen LogP contribution in [0.1, 0.15) is 35.7 Å². The minimum Gasteiger partial charge on any atom is -0.337 e. The normalized spacial score (nSPS) is 17.8. The third-order valence-electron chi connectivity index (χ3n) is 4.53. The van der Waals surface area contributed by atoms with Crippen LogP contribution in [-0.4, -0.2) is 59.9 Å². The lowest BCUT2D eigenvalue weighted by atomic mass is 10.1. The molecule has 0 radical (unpaired) electrons. The predicted octanol–water partition coefficient (Wildman–Crippen LogP) is 3.42. The molecular formula is C18H27FN2OS. The Balaban J connectivity index is 1.91. The molecule has 1 heterocycles. The van der Waals surface area contributed by atoms with Crippen LogP contribution in [0.2, 0.25) is 0 Å². The lowest BCUT2D eigenvalue weighted by molar-refractivity contribution is 0.0761. The van der Waals surface area contributed by atoms with Crippen LogP contribution in [0.5, 0.6) is 0 Å². The first kappa shape index (κ1) is 18.3. The molecule has 2 rings (SSSR count). The van der Waals surface area contributed by atoms with Crippen LogP contribution in [-0.2, 0) is 0 Å². The highest BCUT2D eigenvalue weighted by atomic mass is 32.2. The van der Waals surface area contributed by atoms with E-state index >= 15 is 0 Å². The molecule has 0 aromatic heterocycles. The molecule has 5 heteroatoms. The molecule has 1 fully saturated rings. The highest BCUT2D eigenvalue weighted by molar-refractivity contribution is 7.99. The second-order valence-electron chi connectivity index (χ2n) is 6.29. The summed E-state index contributed by atoms with van der Waals surface area (Å²) in [6, 6.07) is 4.63. The van der Waals surface area contributed by atoms with Crippen LogP contribution in [0.4, 0.5) is 4.39 Å². The molecule has 1 atom stereocenters. The van der Waals surface area contributed by atoms with E-state index in [-0.39, 0.29) is 11.7 Å². The van der Waals surface area contributed by atoms with Crippen molar-refractivity contribution in [3.8, 4) is 0 Å².